The summed E-state index contributed by atoms with van der Waals surface area (Å²) in [6.07, 6.45) is 0. The molecular weight excluding hydrogens is 132 g/mol. The lowest BCUT2D eigenvalue weighted by Gasteiger charge is -2.05. The van der Waals surface area contributed by atoms with Gasteiger partial charge in [-0.05, 0) is 5.92 Å². The SMILES string of the molecule is COCC(=O)OCC(C)C. The zero-order chi connectivity index (χ0) is 7.98. The van der Waals surface area contributed by atoms with E-state index < -0.39 is 0 Å². The number of rotatable bonds is 4. The van der Waals surface area contributed by atoms with Crippen LogP contribution < -0.4 is 0 Å². The van der Waals surface area contributed by atoms with Gasteiger partial charge in [0.1, 0.15) is 6.61 Å². The fraction of sp³-hybridized carbons (Fsp3) is 0.857. The molecule has 0 aliphatic rings. The molecule has 0 bridgehead atoms. The Morgan fingerprint density at radius 3 is 2.50 bits per heavy atom. The maximum absolute atomic E-state index is 10.6. The Morgan fingerprint density at radius 1 is 1.50 bits per heavy atom. The summed E-state index contributed by atoms with van der Waals surface area (Å²) in [5.41, 5.74) is 0. The minimum Gasteiger partial charge on any atom is -0.464 e. The Bertz CT molecular complexity index is 99.0. The highest BCUT2D eigenvalue weighted by Crippen LogP contribution is 1.92. The molecule has 0 unspecified atom stereocenters. The van der Waals surface area contributed by atoms with Gasteiger partial charge in [-0.1, -0.05) is 13.8 Å². The summed E-state index contributed by atoms with van der Waals surface area (Å²) in [7, 11) is 1.47. The number of carbonyl (C=O) groups excluding carboxylic acids is 1. The summed E-state index contributed by atoms with van der Waals surface area (Å²) >= 11 is 0. The summed E-state index contributed by atoms with van der Waals surface area (Å²) in [5.74, 6) is 0.0945. The van der Waals surface area contributed by atoms with Crippen LogP contribution in [0.3, 0.4) is 0 Å². The molecule has 0 fully saturated rings. The second-order valence-corrected chi connectivity index (χ2v) is 2.51. The lowest BCUT2D eigenvalue weighted by atomic mass is 10.2. The average Bonchev–Trinajstić information content (AvgIpc) is 1.85. The third-order valence-electron chi connectivity index (χ3n) is 0.840. The first kappa shape index (κ1) is 9.43. The van der Waals surface area contributed by atoms with Gasteiger partial charge >= 0.3 is 5.97 Å². The van der Waals surface area contributed by atoms with Crippen molar-refractivity contribution in [1.29, 1.82) is 0 Å². The van der Waals surface area contributed by atoms with Gasteiger partial charge < -0.3 is 9.47 Å². The van der Waals surface area contributed by atoms with Crippen LogP contribution in [0.4, 0.5) is 0 Å². The van der Waals surface area contributed by atoms with Crippen LogP contribution in [-0.2, 0) is 14.3 Å². The quantitative estimate of drug-likeness (QED) is 0.551. The van der Waals surface area contributed by atoms with Gasteiger partial charge in [-0.3, -0.25) is 0 Å². The molecule has 60 valence electrons. The highest BCUT2D eigenvalue weighted by molar-refractivity contribution is 5.70. The molecule has 0 heterocycles. The van der Waals surface area contributed by atoms with Crippen molar-refractivity contribution in [3.8, 4) is 0 Å². The third-order valence-corrected chi connectivity index (χ3v) is 0.840. The molecule has 0 aromatic carbocycles. The van der Waals surface area contributed by atoms with E-state index in [4.69, 9.17) is 4.74 Å². The second kappa shape index (κ2) is 5.23. The molecule has 0 saturated heterocycles. The Morgan fingerprint density at radius 2 is 2.10 bits per heavy atom. The monoisotopic (exact) mass is 146 g/mol. The molecule has 0 aliphatic heterocycles. The van der Waals surface area contributed by atoms with E-state index in [2.05, 4.69) is 4.74 Å². The van der Waals surface area contributed by atoms with Gasteiger partial charge in [-0.25, -0.2) is 4.79 Å². The third kappa shape index (κ3) is 5.56. The standard InChI is InChI=1S/C7H14O3/c1-6(2)4-10-7(8)5-9-3/h6H,4-5H2,1-3H3. The number of esters is 1. The molecule has 10 heavy (non-hydrogen) atoms. The molecule has 0 aliphatic carbocycles. The van der Waals surface area contributed by atoms with Crippen molar-refractivity contribution in [2.45, 2.75) is 13.8 Å². The molecule has 0 spiro atoms. The van der Waals surface area contributed by atoms with Crippen molar-refractivity contribution < 1.29 is 14.3 Å². The smallest absolute Gasteiger partial charge is 0.332 e. The Balaban J connectivity index is 3.22. The number of hydrogen-bond donors (Lipinski definition) is 0. The molecule has 0 aromatic rings. The van der Waals surface area contributed by atoms with Gasteiger partial charge in [-0.2, -0.15) is 0 Å². The van der Waals surface area contributed by atoms with Gasteiger partial charge in [0, 0.05) is 7.11 Å². The lowest BCUT2D eigenvalue weighted by molar-refractivity contribution is -0.148. The topological polar surface area (TPSA) is 35.5 Å². The number of carbonyl (C=O) groups is 1. The number of ether oxygens (including phenoxy) is 2. The summed E-state index contributed by atoms with van der Waals surface area (Å²) in [4.78, 5) is 10.6. The summed E-state index contributed by atoms with van der Waals surface area (Å²) in [5, 5.41) is 0. The molecule has 0 N–H and O–H groups in total. The van der Waals surface area contributed by atoms with Crippen LogP contribution in [0.5, 0.6) is 0 Å². The van der Waals surface area contributed by atoms with E-state index in [1.54, 1.807) is 0 Å². The molecule has 0 radical (unpaired) electrons. The molecular formula is C7H14O3. The van der Waals surface area contributed by atoms with Crippen molar-refractivity contribution in [3.05, 3.63) is 0 Å². The van der Waals surface area contributed by atoms with E-state index in [0.717, 1.165) is 0 Å². The maximum atomic E-state index is 10.6. The van der Waals surface area contributed by atoms with Crippen molar-refractivity contribution >= 4 is 5.97 Å². The molecule has 3 heteroatoms. The highest BCUT2D eigenvalue weighted by atomic mass is 16.6. The summed E-state index contributed by atoms with van der Waals surface area (Å²) in [6, 6.07) is 0. The first-order valence-corrected chi connectivity index (χ1v) is 3.31. The van der Waals surface area contributed by atoms with Crippen molar-refractivity contribution in [3.63, 3.8) is 0 Å². The van der Waals surface area contributed by atoms with Gasteiger partial charge in [-0.15, -0.1) is 0 Å². The first-order chi connectivity index (χ1) is 4.66. The van der Waals surface area contributed by atoms with Crippen LogP contribution in [0, 0.1) is 5.92 Å². The predicted octanol–water partition coefficient (Wildman–Crippen LogP) is 0.832. The lowest BCUT2D eigenvalue weighted by Crippen LogP contribution is -2.14. The van der Waals surface area contributed by atoms with Crippen molar-refractivity contribution in [2.24, 2.45) is 5.92 Å². The summed E-state index contributed by atoms with van der Waals surface area (Å²) in [6.45, 7) is 4.50. The number of hydrogen-bond acceptors (Lipinski definition) is 3. The molecule has 0 aromatic heterocycles. The van der Waals surface area contributed by atoms with E-state index in [9.17, 15) is 4.79 Å². The normalized spacial score (nSPS) is 10.0. The van der Waals surface area contributed by atoms with E-state index in [-0.39, 0.29) is 12.6 Å². The van der Waals surface area contributed by atoms with Crippen molar-refractivity contribution in [1.82, 2.24) is 0 Å². The van der Waals surface area contributed by atoms with Gasteiger partial charge in [0.25, 0.3) is 0 Å². The molecule has 3 nitrogen and oxygen atoms in total. The Kier molecular flexibility index (Phi) is 4.94. The fourth-order valence-corrected chi connectivity index (χ4v) is 0.419. The molecule has 0 saturated carbocycles. The molecule has 0 amide bonds. The predicted molar refractivity (Wildman–Crippen MR) is 37.7 cm³/mol. The zero-order valence-corrected chi connectivity index (χ0v) is 6.72. The zero-order valence-electron chi connectivity index (χ0n) is 6.72. The fourth-order valence-electron chi connectivity index (χ4n) is 0.419. The Labute approximate surface area is 61.3 Å². The summed E-state index contributed by atoms with van der Waals surface area (Å²) < 4.78 is 9.34. The van der Waals surface area contributed by atoms with Crippen LogP contribution in [0.2, 0.25) is 0 Å². The minimum atomic E-state index is -0.295. The van der Waals surface area contributed by atoms with E-state index in [1.807, 2.05) is 13.8 Å². The first-order valence-electron chi connectivity index (χ1n) is 3.31. The van der Waals surface area contributed by atoms with Gasteiger partial charge in [0.2, 0.25) is 0 Å². The van der Waals surface area contributed by atoms with Crippen LogP contribution in [-0.4, -0.2) is 26.3 Å². The number of methoxy groups -OCH3 is 1. The van der Waals surface area contributed by atoms with Crippen LogP contribution in [0.1, 0.15) is 13.8 Å². The van der Waals surface area contributed by atoms with E-state index >= 15 is 0 Å². The van der Waals surface area contributed by atoms with Crippen LogP contribution in [0.15, 0.2) is 0 Å². The Hall–Kier alpha value is -0.570. The highest BCUT2D eigenvalue weighted by Gasteiger charge is 2.01. The van der Waals surface area contributed by atoms with Crippen molar-refractivity contribution in [2.75, 3.05) is 20.3 Å². The van der Waals surface area contributed by atoms with E-state index in [1.165, 1.54) is 7.11 Å². The van der Waals surface area contributed by atoms with Gasteiger partial charge in [0.05, 0.1) is 6.61 Å². The average molecular weight is 146 g/mol. The second-order valence-electron chi connectivity index (χ2n) is 2.51. The van der Waals surface area contributed by atoms with Crippen LogP contribution in [0.25, 0.3) is 0 Å². The van der Waals surface area contributed by atoms with Crippen LogP contribution >= 0.6 is 0 Å². The maximum Gasteiger partial charge on any atom is 0.332 e. The molecule has 0 atom stereocenters. The molecule has 0 rings (SSSR count). The largest absolute Gasteiger partial charge is 0.464 e. The van der Waals surface area contributed by atoms with Gasteiger partial charge in [0.15, 0.2) is 0 Å². The van der Waals surface area contributed by atoms with E-state index in [0.29, 0.717) is 12.5 Å². The minimum absolute atomic E-state index is 0.0483.